The van der Waals surface area contributed by atoms with Crippen LogP contribution in [0.15, 0.2) is 30.3 Å². The Morgan fingerprint density at radius 3 is 2.50 bits per heavy atom. The molecule has 12 heavy (non-hydrogen) atoms. The van der Waals surface area contributed by atoms with Gasteiger partial charge in [-0.2, -0.15) is 0 Å². The summed E-state index contributed by atoms with van der Waals surface area (Å²) in [7, 11) is 0. The van der Waals surface area contributed by atoms with Crippen molar-refractivity contribution in [2.75, 3.05) is 6.54 Å². The molecule has 64 valence electrons. The SMILES string of the molecule is CC(c1ccccc1)C1CCN1. The van der Waals surface area contributed by atoms with Crippen molar-refractivity contribution < 1.29 is 0 Å². The van der Waals surface area contributed by atoms with E-state index in [-0.39, 0.29) is 0 Å². The molecule has 0 saturated carbocycles. The van der Waals surface area contributed by atoms with Gasteiger partial charge in [0.1, 0.15) is 0 Å². The van der Waals surface area contributed by atoms with Crippen LogP contribution in [0.25, 0.3) is 0 Å². The fourth-order valence-electron chi connectivity index (χ4n) is 1.73. The highest BCUT2D eigenvalue weighted by molar-refractivity contribution is 5.21. The second kappa shape index (κ2) is 3.28. The molecular weight excluding hydrogens is 146 g/mol. The Bertz CT molecular complexity index is 238. The summed E-state index contributed by atoms with van der Waals surface area (Å²) < 4.78 is 0. The molecule has 0 amide bonds. The lowest BCUT2D eigenvalue weighted by atomic mass is 9.87. The minimum atomic E-state index is 0.667. The van der Waals surface area contributed by atoms with E-state index in [4.69, 9.17) is 0 Å². The average molecular weight is 161 g/mol. The molecule has 0 bridgehead atoms. The van der Waals surface area contributed by atoms with E-state index >= 15 is 0 Å². The van der Waals surface area contributed by atoms with E-state index in [1.165, 1.54) is 18.5 Å². The largest absolute Gasteiger partial charge is 0.313 e. The highest BCUT2D eigenvalue weighted by Crippen LogP contribution is 2.23. The van der Waals surface area contributed by atoms with Crippen LogP contribution < -0.4 is 5.32 Å². The number of hydrogen-bond acceptors (Lipinski definition) is 1. The molecule has 1 aromatic rings. The van der Waals surface area contributed by atoms with Crippen molar-refractivity contribution in [2.45, 2.75) is 25.3 Å². The van der Waals surface area contributed by atoms with E-state index < -0.39 is 0 Å². The van der Waals surface area contributed by atoms with Gasteiger partial charge in [0, 0.05) is 6.04 Å². The summed E-state index contributed by atoms with van der Waals surface area (Å²) in [4.78, 5) is 0. The van der Waals surface area contributed by atoms with Crippen molar-refractivity contribution >= 4 is 0 Å². The van der Waals surface area contributed by atoms with Crippen LogP contribution in [-0.2, 0) is 0 Å². The Morgan fingerprint density at radius 1 is 1.33 bits per heavy atom. The third kappa shape index (κ3) is 1.37. The molecule has 1 saturated heterocycles. The Hall–Kier alpha value is -0.820. The lowest BCUT2D eigenvalue weighted by Crippen LogP contribution is -2.46. The molecule has 0 spiro atoms. The van der Waals surface area contributed by atoms with E-state index in [0.717, 1.165) is 0 Å². The summed E-state index contributed by atoms with van der Waals surface area (Å²) >= 11 is 0. The zero-order valence-electron chi connectivity index (χ0n) is 7.46. The maximum absolute atomic E-state index is 3.44. The van der Waals surface area contributed by atoms with E-state index in [1.807, 2.05) is 0 Å². The molecule has 2 atom stereocenters. The smallest absolute Gasteiger partial charge is 0.0145 e. The van der Waals surface area contributed by atoms with E-state index in [2.05, 4.69) is 42.6 Å². The molecule has 1 N–H and O–H groups in total. The van der Waals surface area contributed by atoms with Crippen LogP contribution in [0.3, 0.4) is 0 Å². The van der Waals surface area contributed by atoms with Gasteiger partial charge in [-0.15, -0.1) is 0 Å². The van der Waals surface area contributed by atoms with Crippen molar-refractivity contribution in [3.05, 3.63) is 35.9 Å². The van der Waals surface area contributed by atoms with Gasteiger partial charge >= 0.3 is 0 Å². The molecule has 2 rings (SSSR count). The summed E-state index contributed by atoms with van der Waals surface area (Å²) in [6, 6.07) is 11.4. The van der Waals surface area contributed by atoms with E-state index in [9.17, 15) is 0 Å². The van der Waals surface area contributed by atoms with E-state index in [1.54, 1.807) is 0 Å². The van der Waals surface area contributed by atoms with Crippen LogP contribution in [0.2, 0.25) is 0 Å². The molecule has 1 aliphatic rings. The summed E-state index contributed by atoms with van der Waals surface area (Å²) in [6.45, 7) is 3.49. The summed E-state index contributed by atoms with van der Waals surface area (Å²) in [5.74, 6) is 0.667. The third-order valence-electron chi connectivity index (χ3n) is 2.79. The topological polar surface area (TPSA) is 12.0 Å². The van der Waals surface area contributed by atoms with Gasteiger partial charge in [0.15, 0.2) is 0 Å². The molecule has 0 aromatic heterocycles. The Morgan fingerprint density at radius 2 is 2.00 bits per heavy atom. The maximum Gasteiger partial charge on any atom is 0.0145 e. The van der Waals surface area contributed by atoms with Crippen molar-refractivity contribution in [2.24, 2.45) is 0 Å². The highest BCUT2D eigenvalue weighted by Gasteiger charge is 2.23. The van der Waals surface area contributed by atoms with Crippen LogP contribution in [0, 0.1) is 0 Å². The molecule has 1 heterocycles. The molecule has 1 nitrogen and oxygen atoms in total. The van der Waals surface area contributed by atoms with Crippen molar-refractivity contribution in [3.63, 3.8) is 0 Å². The quantitative estimate of drug-likeness (QED) is 0.700. The van der Waals surface area contributed by atoms with Crippen molar-refractivity contribution in [3.8, 4) is 0 Å². The van der Waals surface area contributed by atoms with Gasteiger partial charge in [-0.05, 0) is 24.4 Å². The minimum Gasteiger partial charge on any atom is -0.313 e. The normalized spacial score (nSPS) is 24.6. The van der Waals surface area contributed by atoms with Gasteiger partial charge in [0.05, 0.1) is 0 Å². The summed E-state index contributed by atoms with van der Waals surface area (Å²) in [5, 5.41) is 3.44. The lowest BCUT2D eigenvalue weighted by Gasteiger charge is -2.33. The second-order valence-corrected chi connectivity index (χ2v) is 3.55. The van der Waals surface area contributed by atoms with Crippen LogP contribution in [0.1, 0.15) is 24.8 Å². The number of benzene rings is 1. The van der Waals surface area contributed by atoms with Gasteiger partial charge < -0.3 is 5.32 Å². The minimum absolute atomic E-state index is 0.667. The molecule has 2 unspecified atom stereocenters. The zero-order valence-corrected chi connectivity index (χ0v) is 7.46. The first kappa shape index (κ1) is 7.81. The Kier molecular flexibility index (Phi) is 2.13. The monoisotopic (exact) mass is 161 g/mol. The first-order valence-electron chi connectivity index (χ1n) is 4.66. The second-order valence-electron chi connectivity index (χ2n) is 3.55. The molecule has 1 aromatic carbocycles. The highest BCUT2D eigenvalue weighted by atomic mass is 15.0. The standard InChI is InChI=1S/C11H15N/c1-9(11-7-8-12-11)10-5-3-2-4-6-10/h2-6,9,11-12H,7-8H2,1H3. The van der Waals surface area contributed by atoms with Crippen LogP contribution in [0.5, 0.6) is 0 Å². The van der Waals surface area contributed by atoms with Crippen molar-refractivity contribution in [1.29, 1.82) is 0 Å². The molecule has 0 radical (unpaired) electrons. The van der Waals surface area contributed by atoms with Crippen LogP contribution in [-0.4, -0.2) is 12.6 Å². The zero-order chi connectivity index (χ0) is 8.39. The summed E-state index contributed by atoms with van der Waals surface area (Å²) in [5.41, 5.74) is 1.45. The first-order valence-corrected chi connectivity index (χ1v) is 4.66. The first-order chi connectivity index (χ1) is 5.88. The Labute approximate surface area is 73.8 Å². The van der Waals surface area contributed by atoms with Gasteiger partial charge in [-0.3, -0.25) is 0 Å². The van der Waals surface area contributed by atoms with E-state index in [0.29, 0.717) is 12.0 Å². The molecule has 1 fully saturated rings. The van der Waals surface area contributed by atoms with Gasteiger partial charge in [0.25, 0.3) is 0 Å². The Balaban J connectivity index is 2.08. The maximum atomic E-state index is 3.44. The molecule has 0 aliphatic carbocycles. The predicted molar refractivity (Wildman–Crippen MR) is 51.3 cm³/mol. The number of nitrogens with one attached hydrogen (secondary N) is 1. The third-order valence-corrected chi connectivity index (χ3v) is 2.79. The van der Waals surface area contributed by atoms with Gasteiger partial charge in [-0.25, -0.2) is 0 Å². The number of rotatable bonds is 2. The van der Waals surface area contributed by atoms with Crippen molar-refractivity contribution in [1.82, 2.24) is 5.32 Å². The molecular formula is C11H15N. The average Bonchev–Trinajstić information content (AvgIpc) is 2.03. The molecule has 1 aliphatic heterocycles. The number of hydrogen-bond donors (Lipinski definition) is 1. The lowest BCUT2D eigenvalue weighted by molar-refractivity contribution is 0.328. The molecule has 1 heteroatoms. The van der Waals surface area contributed by atoms with Gasteiger partial charge in [-0.1, -0.05) is 37.3 Å². The van der Waals surface area contributed by atoms with Crippen LogP contribution in [0.4, 0.5) is 0 Å². The van der Waals surface area contributed by atoms with Gasteiger partial charge in [0.2, 0.25) is 0 Å². The fourth-order valence-corrected chi connectivity index (χ4v) is 1.73. The summed E-state index contributed by atoms with van der Waals surface area (Å²) in [6.07, 6.45) is 1.33. The predicted octanol–water partition coefficient (Wildman–Crippen LogP) is 2.15. The fraction of sp³-hybridized carbons (Fsp3) is 0.455. The van der Waals surface area contributed by atoms with Crippen LogP contribution >= 0.6 is 0 Å².